The van der Waals surface area contributed by atoms with Crippen LogP contribution in [0.1, 0.15) is 66.8 Å². The maximum Gasteiger partial charge on any atom is 0.353 e. The largest absolute Gasteiger partial charge is 0.467 e. The molecule has 0 bridgehead atoms. The summed E-state index contributed by atoms with van der Waals surface area (Å²) >= 11 is 0. The van der Waals surface area contributed by atoms with Crippen LogP contribution in [-0.4, -0.2) is 96.7 Å². The molecule has 0 radical (unpaired) electrons. The Morgan fingerprint density at radius 3 is 2.33 bits per heavy atom. The van der Waals surface area contributed by atoms with Crippen molar-refractivity contribution in [2.45, 2.75) is 57.3 Å². The number of para-hydroxylation sites is 1. The zero-order chi connectivity index (χ0) is 46.3. The molecule has 3 aliphatic heterocycles. The molecule has 3 saturated heterocycles. The summed E-state index contributed by atoms with van der Waals surface area (Å²) in [5.74, 6) is 0.114. The fourth-order valence-corrected chi connectivity index (χ4v) is 10.3. The first-order valence-electron chi connectivity index (χ1n) is 23.0. The maximum atomic E-state index is 13.9. The summed E-state index contributed by atoms with van der Waals surface area (Å²) in [7, 11) is 5.04. The second-order valence-corrected chi connectivity index (χ2v) is 17.6. The monoisotopic (exact) mass is 899 g/mol. The van der Waals surface area contributed by atoms with Gasteiger partial charge < -0.3 is 9.64 Å². The van der Waals surface area contributed by atoms with Gasteiger partial charge in [-0.1, -0.05) is 55.5 Å². The van der Waals surface area contributed by atoms with Gasteiger partial charge in [0.15, 0.2) is 0 Å². The molecule has 0 saturated carbocycles. The lowest BCUT2D eigenvalue weighted by Crippen LogP contribution is -2.39. The third kappa shape index (κ3) is 8.04. The number of fused-ring (bicyclic) bond motifs is 1. The Hall–Kier alpha value is -7.46. The summed E-state index contributed by atoms with van der Waals surface area (Å²) in [5.41, 5.74) is 10.1. The van der Waals surface area contributed by atoms with E-state index in [0.29, 0.717) is 49.8 Å². The first-order valence-corrected chi connectivity index (χ1v) is 23.0. The van der Waals surface area contributed by atoms with Crippen molar-refractivity contribution in [3.05, 3.63) is 130 Å². The first-order chi connectivity index (χ1) is 32.6. The predicted octanol–water partition coefficient (Wildman–Crippen LogP) is 6.54. The summed E-state index contributed by atoms with van der Waals surface area (Å²) in [6.45, 7) is 5.97. The SMILES string of the molecule is CCc1c(-c2ccc(-n3c(OC)nn(C)c3=O)cc2-c2ccc(C3CCN(CCc4cccc5c(C6CCC(=O)NC6=O)nn(C)c45)CC3)cc2)ccnc1N1CCN(c2cccnc2)C1=O. The average molecular weight is 900 g/mol. The molecule has 10 rings (SSSR count). The van der Waals surface area contributed by atoms with Crippen LogP contribution < -0.4 is 25.5 Å². The van der Waals surface area contributed by atoms with Crippen LogP contribution in [0.2, 0.25) is 0 Å². The fourth-order valence-electron chi connectivity index (χ4n) is 10.3. The van der Waals surface area contributed by atoms with E-state index >= 15 is 0 Å². The molecule has 16 nitrogen and oxygen atoms in total. The lowest BCUT2D eigenvalue weighted by Gasteiger charge is -2.32. The lowest BCUT2D eigenvalue weighted by atomic mass is 9.87. The van der Waals surface area contributed by atoms with Crippen LogP contribution in [0.4, 0.5) is 16.3 Å². The number of pyridine rings is 2. The van der Waals surface area contributed by atoms with Crippen molar-refractivity contribution >= 4 is 40.3 Å². The van der Waals surface area contributed by atoms with E-state index in [1.807, 2.05) is 60.3 Å². The number of carbonyl (C=O) groups is 3. The van der Waals surface area contributed by atoms with E-state index in [1.54, 1.807) is 35.4 Å². The van der Waals surface area contributed by atoms with Gasteiger partial charge in [-0.05, 0) is 115 Å². The second kappa shape index (κ2) is 18.1. The standard InChI is InChI=1S/C51H53N11O5/c1-5-38-40(19-24-53-47(38)61-29-28-60(51(61)66)37-9-7-23-52-31-37)39-16-15-36(62-49(67-4)56-58(3)50(62)65)30-43(39)34-13-11-32(12-14-34)33-20-25-59(26-21-33)27-22-35-8-6-10-41-45(55-57(2)46(35)41)42-17-18-44(63)54-48(42)64/h6-16,19,23-24,30-31,33,42H,5,17-18,20-22,25-29H2,1-4H3,(H,54,63,64). The van der Waals surface area contributed by atoms with Crippen LogP contribution in [0.5, 0.6) is 6.01 Å². The molecule has 0 spiro atoms. The molecule has 7 heterocycles. The topological polar surface area (TPSA) is 166 Å². The molecule has 3 aromatic carbocycles. The third-order valence-electron chi connectivity index (χ3n) is 13.8. The molecule has 342 valence electrons. The fraction of sp³-hybridized carbons (Fsp3) is 0.333. The minimum Gasteiger partial charge on any atom is -0.467 e. The molecule has 1 atom stereocenters. The van der Waals surface area contributed by atoms with E-state index < -0.39 is 5.92 Å². The number of anilines is 2. The molecule has 1 unspecified atom stereocenters. The number of urea groups is 1. The number of methoxy groups -OCH3 is 1. The van der Waals surface area contributed by atoms with Crippen LogP contribution in [0.15, 0.2) is 102 Å². The van der Waals surface area contributed by atoms with Crippen molar-refractivity contribution in [2.75, 3.05) is 49.6 Å². The minimum absolute atomic E-state index is 0.142. The molecule has 16 heteroatoms. The van der Waals surface area contributed by atoms with E-state index in [4.69, 9.17) is 14.8 Å². The Bertz CT molecular complexity index is 3080. The second-order valence-electron chi connectivity index (χ2n) is 17.6. The maximum absolute atomic E-state index is 13.9. The number of hydrogen-bond donors (Lipinski definition) is 1. The smallest absolute Gasteiger partial charge is 0.353 e. The van der Waals surface area contributed by atoms with Gasteiger partial charge >= 0.3 is 17.7 Å². The number of nitrogens with one attached hydrogen (secondary N) is 1. The van der Waals surface area contributed by atoms with E-state index in [2.05, 4.69) is 57.6 Å². The van der Waals surface area contributed by atoms with Gasteiger partial charge in [0.05, 0.1) is 41.8 Å². The highest BCUT2D eigenvalue weighted by Crippen LogP contribution is 2.40. The molecule has 4 amide bonds. The van der Waals surface area contributed by atoms with E-state index in [0.717, 1.165) is 89.0 Å². The summed E-state index contributed by atoms with van der Waals surface area (Å²) in [4.78, 5) is 66.9. The Labute approximate surface area is 387 Å². The third-order valence-corrected chi connectivity index (χ3v) is 13.8. The van der Waals surface area contributed by atoms with Crippen molar-refractivity contribution in [3.63, 3.8) is 0 Å². The van der Waals surface area contributed by atoms with Crippen LogP contribution >= 0.6 is 0 Å². The van der Waals surface area contributed by atoms with Gasteiger partial charge in [-0.25, -0.2) is 23.8 Å². The van der Waals surface area contributed by atoms with E-state index in [-0.39, 0.29) is 29.5 Å². The molecular formula is C51H53N11O5. The van der Waals surface area contributed by atoms with Crippen LogP contribution in [0.25, 0.3) is 38.8 Å². The highest BCUT2D eigenvalue weighted by atomic mass is 16.5. The summed E-state index contributed by atoms with van der Waals surface area (Å²) in [6.07, 6.45) is 9.52. The van der Waals surface area contributed by atoms with Gasteiger partial charge in [0.25, 0.3) is 0 Å². The normalized spacial score (nSPS) is 17.2. The number of aryl methyl sites for hydroxylation is 2. The molecule has 3 aliphatic rings. The first kappa shape index (κ1) is 43.4. The number of amides is 4. The number of likely N-dealkylation sites (tertiary alicyclic amines) is 1. The van der Waals surface area contributed by atoms with Crippen LogP contribution in [0.3, 0.4) is 0 Å². The molecule has 67 heavy (non-hydrogen) atoms. The summed E-state index contributed by atoms with van der Waals surface area (Å²) < 4.78 is 10.2. The van der Waals surface area contributed by atoms with E-state index in [1.165, 1.54) is 27.5 Å². The summed E-state index contributed by atoms with van der Waals surface area (Å²) in [6, 6.07) is 26.8. The number of ether oxygens (including phenoxy) is 1. The number of rotatable bonds is 12. The highest BCUT2D eigenvalue weighted by Gasteiger charge is 2.35. The van der Waals surface area contributed by atoms with Crippen molar-refractivity contribution in [2.24, 2.45) is 14.1 Å². The Morgan fingerprint density at radius 1 is 0.776 bits per heavy atom. The summed E-state index contributed by atoms with van der Waals surface area (Å²) in [5, 5.41) is 12.6. The average Bonchev–Trinajstić information content (AvgIpc) is 4.01. The number of benzene rings is 3. The van der Waals surface area contributed by atoms with Gasteiger partial charge in [-0.3, -0.25) is 34.4 Å². The number of carbonyl (C=O) groups excluding carboxylic acids is 3. The van der Waals surface area contributed by atoms with Crippen LogP contribution in [-0.2, 0) is 36.5 Å². The number of imide groups is 1. The Balaban J connectivity index is 0.894. The van der Waals surface area contributed by atoms with Gasteiger partial charge in [0.1, 0.15) is 5.82 Å². The number of hydrogen-bond acceptors (Lipinski definition) is 10. The van der Waals surface area contributed by atoms with Gasteiger partial charge in [-0.2, -0.15) is 5.10 Å². The van der Waals surface area contributed by atoms with Gasteiger partial charge in [0, 0.05) is 63.5 Å². The lowest BCUT2D eigenvalue weighted by molar-refractivity contribution is -0.134. The number of nitrogens with zero attached hydrogens (tertiary/aromatic N) is 10. The minimum atomic E-state index is -0.429. The molecular weight excluding hydrogens is 847 g/mol. The molecule has 0 aliphatic carbocycles. The number of aromatic nitrogens is 7. The molecule has 3 fully saturated rings. The zero-order valence-electron chi connectivity index (χ0n) is 38.2. The van der Waals surface area contributed by atoms with Crippen molar-refractivity contribution in [1.82, 2.24) is 44.3 Å². The van der Waals surface area contributed by atoms with Crippen LogP contribution in [0, 0.1) is 0 Å². The predicted molar refractivity (Wildman–Crippen MR) is 256 cm³/mol. The van der Waals surface area contributed by atoms with Crippen molar-refractivity contribution in [3.8, 4) is 34.0 Å². The zero-order valence-corrected chi connectivity index (χ0v) is 38.2. The molecule has 4 aromatic heterocycles. The quantitative estimate of drug-likeness (QED) is 0.133. The van der Waals surface area contributed by atoms with E-state index in [9.17, 15) is 19.2 Å². The number of piperidine rings is 2. The van der Waals surface area contributed by atoms with Crippen molar-refractivity contribution < 1.29 is 19.1 Å². The highest BCUT2D eigenvalue weighted by molar-refractivity contribution is 6.06. The molecule has 1 N–H and O–H groups in total. The Morgan fingerprint density at radius 2 is 1.58 bits per heavy atom. The van der Waals surface area contributed by atoms with Gasteiger partial charge in [-0.15, -0.1) is 5.10 Å². The Kier molecular flexibility index (Phi) is 11.7. The van der Waals surface area contributed by atoms with Gasteiger partial charge in [0.2, 0.25) is 11.8 Å². The van der Waals surface area contributed by atoms with Crippen molar-refractivity contribution in [1.29, 1.82) is 0 Å². The molecule has 7 aromatic rings.